The average Bonchev–Trinajstić information content (AvgIpc) is 3.06. The molecule has 1 amide bonds. The van der Waals surface area contributed by atoms with Crippen molar-refractivity contribution < 1.29 is 9.90 Å². The van der Waals surface area contributed by atoms with Gasteiger partial charge in [-0.15, -0.1) is 0 Å². The van der Waals surface area contributed by atoms with Gasteiger partial charge in [-0.3, -0.25) is 9.69 Å². The van der Waals surface area contributed by atoms with Gasteiger partial charge in [0.05, 0.1) is 12.6 Å². The van der Waals surface area contributed by atoms with Gasteiger partial charge in [0.2, 0.25) is 5.91 Å². The maximum atomic E-state index is 12.1. The Labute approximate surface area is 110 Å². The van der Waals surface area contributed by atoms with Gasteiger partial charge in [-0.25, -0.2) is 0 Å². The molecule has 0 aromatic carbocycles. The maximum Gasteiger partial charge on any atom is 0.237 e. The highest BCUT2D eigenvalue weighted by molar-refractivity contribution is 5.81. The summed E-state index contributed by atoms with van der Waals surface area (Å²) in [6.45, 7) is 4.91. The van der Waals surface area contributed by atoms with Gasteiger partial charge in [0.15, 0.2) is 0 Å². The van der Waals surface area contributed by atoms with Crippen LogP contribution in [0, 0.1) is 5.41 Å². The van der Waals surface area contributed by atoms with Crippen LogP contribution in [-0.2, 0) is 4.79 Å². The van der Waals surface area contributed by atoms with Gasteiger partial charge < -0.3 is 10.4 Å². The van der Waals surface area contributed by atoms with Gasteiger partial charge >= 0.3 is 0 Å². The topological polar surface area (TPSA) is 52.6 Å². The lowest BCUT2D eigenvalue weighted by atomic mass is 9.87. The van der Waals surface area contributed by atoms with Gasteiger partial charge in [0.1, 0.15) is 0 Å². The summed E-state index contributed by atoms with van der Waals surface area (Å²) in [7, 11) is 0. The molecule has 1 saturated heterocycles. The zero-order chi connectivity index (χ0) is 13.0. The summed E-state index contributed by atoms with van der Waals surface area (Å²) in [6.07, 6.45) is 6.86. The van der Waals surface area contributed by atoms with E-state index in [9.17, 15) is 9.90 Å². The number of likely N-dealkylation sites (tertiary alicyclic amines) is 1. The Morgan fingerprint density at radius 3 is 2.44 bits per heavy atom. The summed E-state index contributed by atoms with van der Waals surface area (Å²) < 4.78 is 0. The average molecular weight is 254 g/mol. The molecule has 1 saturated carbocycles. The van der Waals surface area contributed by atoms with E-state index in [-0.39, 0.29) is 24.0 Å². The Hall–Kier alpha value is -0.610. The summed E-state index contributed by atoms with van der Waals surface area (Å²) >= 11 is 0. The van der Waals surface area contributed by atoms with Crippen LogP contribution in [0.3, 0.4) is 0 Å². The molecule has 0 radical (unpaired) electrons. The van der Waals surface area contributed by atoms with Crippen LogP contribution >= 0.6 is 0 Å². The quantitative estimate of drug-likeness (QED) is 0.773. The van der Waals surface area contributed by atoms with Crippen LogP contribution in [0.1, 0.15) is 45.4 Å². The number of aliphatic hydroxyl groups excluding tert-OH is 1. The van der Waals surface area contributed by atoms with E-state index in [1.165, 1.54) is 25.7 Å². The molecule has 1 aliphatic carbocycles. The molecule has 1 atom stereocenters. The highest BCUT2D eigenvalue weighted by Gasteiger charge is 2.34. The summed E-state index contributed by atoms with van der Waals surface area (Å²) in [5, 5.41) is 12.6. The van der Waals surface area contributed by atoms with Crippen LogP contribution in [0.5, 0.6) is 0 Å². The summed E-state index contributed by atoms with van der Waals surface area (Å²) in [5.41, 5.74) is -0.0413. The number of hydrogen-bond acceptors (Lipinski definition) is 3. The molecule has 18 heavy (non-hydrogen) atoms. The summed E-state index contributed by atoms with van der Waals surface area (Å²) in [4.78, 5) is 14.4. The monoisotopic (exact) mass is 254 g/mol. The van der Waals surface area contributed by atoms with Crippen LogP contribution < -0.4 is 5.32 Å². The Kier molecular flexibility index (Phi) is 4.62. The minimum Gasteiger partial charge on any atom is -0.396 e. The Balaban J connectivity index is 1.79. The third-order valence-corrected chi connectivity index (χ3v) is 4.71. The van der Waals surface area contributed by atoms with Crippen LogP contribution in [0.25, 0.3) is 0 Å². The molecule has 2 rings (SSSR count). The van der Waals surface area contributed by atoms with Crippen LogP contribution in [-0.4, -0.2) is 48.2 Å². The zero-order valence-corrected chi connectivity index (χ0v) is 11.5. The number of carbonyl (C=O) groups is 1. The molecule has 2 fully saturated rings. The second kappa shape index (κ2) is 6.02. The van der Waals surface area contributed by atoms with Gasteiger partial charge in [-0.05, 0) is 45.7 Å². The molecule has 2 N–H and O–H groups in total. The molecule has 0 aromatic rings. The van der Waals surface area contributed by atoms with E-state index in [0.717, 1.165) is 25.9 Å². The lowest BCUT2D eigenvalue weighted by Crippen LogP contribution is -2.47. The van der Waals surface area contributed by atoms with E-state index in [4.69, 9.17) is 0 Å². The first-order valence-electron chi connectivity index (χ1n) is 7.29. The highest BCUT2D eigenvalue weighted by Crippen LogP contribution is 2.36. The number of nitrogens with zero attached hydrogens (tertiary/aromatic N) is 1. The molecule has 2 aliphatic rings. The molecular weight excluding hydrogens is 228 g/mol. The first kappa shape index (κ1) is 13.8. The molecule has 4 nitrogen and oxygen atoms in total. The first-order valence-corrected chi connectivity index (χ1v) is 7.29. The summed E-state index contributed by atoms with van der Waals surface area (Å²) in [5.74, 6) is 0.122. The smallest absolute Gasteiger partial charge is 0.237 e. The summed E-state index contributed by atoms with van der Waals surface area (Å²) in [6, 6.07) is -0.0235. The lowest BCUT2D eigenvalue weighted by Gasteiger charge is -2.29. The molecule has 1 aliphatic heterocycles. The van der Waals surface area contributed by atoms with Crippen molar-refractivity contribution in [2.24, 2.45) is 5.41 Å². The second-order valence-corrected chi connectivity index (χ2v) is 6.00. The van der Waals surface area contributed by atoms with Crippen molar-refractivity contribution in [3.05, 3.63) is 0 Å². The molecule has 104 valence electrons. The number of carbonyl (C=O) groups excluding carboxylic acids is 1. The third kappa shape index (κ3) is 3.04. The minimum absolute atomic E-state index is 0.0235. The van der Waals surface area contributed by atoms with Crippen molar-refractivity contribution in [2.45, 2.75) is 51.5 Å². The van der Waals surface area contributed by atoms with Crippen molar-refractivity contribution in [3.8, 4) is 0 Å². The van der Waals surface area contributed by atoms with E-state index in [1.807, 2.05) is 6.92 Å². The van der Waals surface area contributed by atoms with Gasteiger partial charge in [-0.2, -0.15) is 0 Å². The van der Waals surface area contributed by atoms with Gasteiger partial charge in [0.25, 0.3) is 0 Å². The van der Waals surface area contributed by atoms with Crippen molar-refractivity contribution in [2.75, 3.05) is 26.2 Å². The first-order chi connectivity index (χ1) is 8.67. The van der Waals surface area contributed by atoms with E-state index >= 15 is 0 Å². The number of rotatable bonds is 5. The molecule has 4 heteroatoms. The highest BCUT2D eigenvalue weighted by atomic mass is 16.3. The van der Waals surface area contributed by atoms with E-state index < -0.39 is 0 Å². The number of amides is 1. The van der Waals surface area contributed by atoms with Crippen LogP contribution in [0.15, 0.2) is 0 Å². The maximum absolute atomic E-state index is 12.1. The molecule has 0 spiro atoms. The fourth-order valence-electron chi connectivity index (χ4n) is 3.23. The zero-order valence-electron chi connectivity index (χ0n) is 11.5. The predicted molar refractivity (Wildman–Crippen MR) is 71.3 cm³/mol. The Bertz CT molecular complexity index is 282. The molecule has 1 unspecified atom stereocenters. The Morgan fingerprint density at radius 2 is 1.89 bits per heavy atom. The largest absolute Gasteiger partial charge is 0.396 e. The number of nitrogens with one attached hydrogen (secondary N) is 1. The standard InChI is InChI=1S/C14H26N2O2/c1-12(16-8-4-5-9-16)13(18)15-10-14(11-17)6-2-3-7-14/h12,17H,2-11H2,1H3,(H,15,18). The van der Waals surface area contributed by atoms with Crippen molar-refractivity contribution in [1.29, 1.82) is 0 Å². The normalized spacial score (nSPS) is 25.2. The van der Waals surface area contributed by atoms with Crippen molar-refractivity contribution >= 4 is 5.91 Å². The molecule has 1 heterocycles. The second-order valence-electron chi connectivity index (χ2n) is 6.00. The van der Waals surface area contributed by atoms with Gasteiger partial charge in [0, 0.05) is 12.0 Å². The van der Waals surface area contributed by atoms with Crippen molar-refractivity contribution in [3.63, 3.8) is 0 Å². The Morgan fingerprint density at radius 1 is 1.28 bits per heavy atom. The fraction of sp³-hybridized carbons (Fsp3) is 0.929. The number of hydrogen-bond donors (Lipinski definition) is 2. The van der Waals surface area contributed by atoms with Crippen molar-refractivity contribution in [1.82, 2.24) is 10.2 Å². The molecule has 0 bridgehead atoms. The SMILES string of the molecule is CC(C(=O)NCC1(CO)CCCC1)N1CCCC1. The van der Waals surface area contributed by atoms with Gasteiger partial charge in [-0.1, -0.05) is 12.8 Å². The fourth-order valence-corrected chi connectivity index (χ4v) is 3.23. The lowest BCUT2D eigenvalue weighted by molar-refractivity contribution is -0.126. The molecular formula is C14H26N2O2. The molecule has 0 aromatic heterocycles. The third-order valence-electron chi connectivity index (χ3n) is 4.71. The van der Waals surface area contributed by atoms with E-state index in [2.05, 4.69) is 10.2 Å². The predicted octanol–water partition coefficient (Wildman–Crippen LogP) is 1.14. The van der Waals surface area contributed by atoms with E-state index in [1.54, 1.807) is 0 Å². The van der Waals surface area contributed by atoms with E-state index in [0.29, 0.717) is 6.54 Å². The number of aliphatic hydroxyl groups is 1. The van der Waals surface area contributed by atoms with Crippen LogP contribution in [0.4, 0.5) is 0 Å². The van der Waals surface area contributed by atoms with Crippen LogP contribution in [0.2, 0.25) is 0 Å². The minimum atomic E-state index is -0.0413.